The third-order valence-corrected chi connectivity index (χ3v) is 11.7. The van der Waals surface area contributed by atoms with Crippen LogP contribution in [0.15, 0.2) is 200 Å². The number of fused-ring (bicyclic) bond motifs is 10. The molecule has 0 saturated heterocycles. The van der Waals surface area contributed by atoms with Crippen molar-refractivity contribution >= 4 is 5.69 Å². The predicted molar refractivity (Wildman–Crippen MR) is 232 cm³/mol. The molecule has 0 unspecified atom stereocenters. The molecule has 264 valence electrons. The van der Waals surface area contributed by atoms with Crippen molar-refractivity contribution in [2.24, 2.45) is 0 Å². The molecule has 3 heteroatoms. The maximum absolute atomic E-state index is 8.32. The van der Waals surface area contributed by atoms with E-state index in [2.05, 4.69) is 169 Å². The van der Waals surface area contributed by atoms with E-state index in [1.54, 1.807) is 0 Å². The monoisotopic (exact) mass is 723 g/mol. The lowest BCUT2D eigenvalue weighted by atomic mass is 9.70. The first-order valence-electron chi connectivity index (χ1n) is 19.3. The smallest absolute Gasteiger partial charge is 0.195 e. The molecule has 0 fully saturated rings. The fourth-order valence-electron chi connectivity index (χ4n) is 9.33. The molecule has 2 aliphatic carbocycles. The highest BCUT2D eigenvalue weighted by Gasteiger charge is 2.52. The number of rotatable bonds is 5. The lowest BCUT2D eigenvalue weighted by Crippen LogP contribution is -2.25. The van der Waals surface area contributed by atoms with Crippen LogP contribution in [-0.2, 0) is 5.41 Å². The van der Waals surface area contributed by atoms with Gasteiger partial charge in [0.2, 0.25) is 0 Å². The highest BCUT2D eigenvalue weighted by molar-refractivity contribution is 6.00. The molecule has 0 atom stereocenters. The summed E-state index contributed by atoms with van der Waals surface area (Å²) in [5.74, 6) is 0.674. The fraction of sp³-hybridized carbons (Fsp3) is 0.0185. The zero-order chi connectivity index (χ0) is 37.9. The van der Waals surface area contributed by atoms with Gasteiger partial charge in [0.25, 0.3) is 0 Å². The van der Waals surface area contributed by atoms with Crippen LogP contribution in [0, 0.1) is 6.57 Å². The van der Waals surface area contributed by atoms with E-state index < -0.39 is 5.41 Å². The largest absolute Gasteiger partial charge is 0.238 e. The molecule has 0 aliphatic heterocycles. The van der Waals surface area contributed by atoms with Crippen LogP contribution in [0.3, 0.4) is 0 Å². The van der Waals surface area contributed by atoms with E-state index in [9.17, 15) is 0 Å². The lowest BCUT2D eigenvalue weighted by Gasteiger charge is -2.30. The van der Waals surface area contributed by atoms with Crippen LogP contribution in [0.1, 0.15) is 22.3 Å². The van der Waals surface area contributed by atoms with Crippen LogP contribution in [0.5, 0.6) is 0 Å². The second kappa shape index (κ2) is 13.0. The van der Waals surface area contributed by atoms with Gasteiger partial charge in [0.15, 0.2) is 11.5 Å². The number of nitrogens with zero attached hydrogens (tertiary/aromatic N) is 3. The summed E-state index contributed by atoms with van der Waals surface area (Å²) in [5.41, 5.74) is 18.8. The minimum atomic E-state index is -0.517. The summed E-state index contributed by atoms with van der Waals surface area (Å²) in [6, 6.07) is 70.6. The van der Waals surface area contributed by atoms with Gasteiger partial charge in [0.1, 0.15) is 0 Å². The molecule has 8 aromatic carbocycles. The molecule has 11 rings (SSSR count). The zero-order valence-electron chi connectivity index (χ0n) is 30.9. The molecule has 0 amide bonds. The summed E-state index contributed by atoms with van der Waals surface area (Å²) in [5, 5.41) is 0. The molecule has 57 heavy (non-hydrogen) atoms. The first-order valence-corrected chi connectivity index (χ1v) is 19.3. The van der Waals surface area contributed by atoms with Crippen molar-refractivity contribution in [2.45, 2.75) is 5.41 Å². The Morgan fingerprint density at radius 2 is 0.895 bits per heavy atom. The number of hydrogen-bond donors (Lipinski definition) is 0. The summed E-state index contributed by atoms with van der Waals surface area (Å²) in [6.07, 6.45) is 0. The lowest BCUT2D eigenvalue weighted by molar-refractivity contribution is 0.794. The van der Waals surface area contributed by atoms with Crippen LogP contribution in [0.2, 0.25) is 0 Å². The molecular formula is C54H33N3. The second-order valence-electron chi connectivity index (χ2n) is 14.7. The summed E-state index contributed by atoms with van der Waals surface area (Å²) in [4.78, 5) is 14.5. The van der Waals surface area contributed by atoms with Gasteiger partial charge in [-0.15, -0.1) is 0 Å². The summed E-state index contributed by atoms with van der Waals surface area (Å²) >= 11 is 0. The molecule has 3 nitrogen and oxygen atoms in total. The fourth-order valence-corrected chi connectivity index (χ4v) is 9.33. The van der Waals surface area contributed by atoms with E-state index in [-0.39, 0.29) is 0 Å². The Kier molecular flexibility index (Phi) is 7.45. The maximum atomic E-state index is 8.32. The SMILES string of the molecule is [C-]#[N+]c1cccc2c1-c1cc(-c3ccccc3-c3cc(-c4cccc(-c5ccccc5)c4)nc(-c4ccccc4)n3)ccc1C21c2ccccc2-c2ccccc21. The number of aromatic nitrogens is 2. The first-order chi connectivity index (χ1) is 28.2. The summed E-state index contributed by atoms with van der Waals surface area (Å²) in [7, 11) is 0. The average Bonchev–Trinajstić information content (AvgIpc) is 3.76. The Hall–Kier alpha value is -7.67. The van der Waals surface area contributed by atoms with Gasteiger partial charge in [-0.25, -0.2) is 14.8 Å². The van der Waals surface area contributed by atoms with Gasteiger partial charge in [-0.05, 0) is 85.0 Å². The van der Waals surface area contributed by atoms with Gasteiger partial charge in [0.05, 0.1) is 23.4 Å². The van der Waals surface area contributed by atoms with Crippen molar-refractivity contribution in [3.63, 3.8) is 0 Å². The van der Waals surface area contributed by atoms with Gasteiger partial charge in [0, 0.05) is 16.7 Å². The van der Waals surface area contributed by atoms with Crippen LogP contribution in [0.25, 0.3) is 83.3 Å². The molecule has 2 aliphatic rings. The minimum absolute atomic E-state index is 0.517. The van der Waals surface area contributed by atoms with Gasteiger partial charge < -0.3 is 0 Å². The summed E-state index contributed by atoms with van der Waals surface area (Å²) in [6.45, 7) is 8.32. The Labute approximate surface area is 332 Å². The van der Waals surface area contributed by atoms with Crippen molar-refractivity contribution in [1.82, 2.24) is 9.97 Å². The van der Waals surface area contributed by atoms with E-state index in [0.29, 0.717) is 11.5 Å². The van der Waals surface area contributed by atoms with E-state index >= 15 is 0 Å². The van der Waals surface area contributed by atoms with Crippen LogP contribution < -0.4 is 0 Å². The third kappa shape index (κ3) is 4.98. The highest BCUT2D eigenvalue weighted by Crippen LogP contribution is 2.64. The van der Waals surface area contributed by atoms with E-state index in [4.69, 9.17) is 16.5 Å². The van der Waals surface area contributed by atoms with Crippen molar-refractivity contribution in [2.75, 3.05) is 0 Å². The van der Waals surface area contributed by atoms with Crippen LogP contribution in [0.4, 0.5) is 5.69 Å². The average molecular weight is 724 g/mol. The minimum Gasteiger partial charge on any atom is -0.238 e. The Morgan fingerprint density at radius 3 is 1.61 bits per heavy atom. The van der Waals surface area contributed by atoms with E-state index in [0.717, 1.165) is 61.5 Å². The molecule has 0 radical (unpaired) electrons. The van der Waals surface area contributed by atoms with Crippen LogP contribution >= 0.6 is 0 Å². The maximum Gasteiger partial charge on any atom is 0.195 e. The van der Waals surface area contributed by atoms with E-state index in [1.165, 1.54) is 33.4 Å². The molecule has 1 aromatic heterocycles. The normalized spacial score (nSPS) is 12.7. The Morgan fingerprint density at radius 1 is 0.351 bits per heavy atom. The van der Waals surface area contributed by atoms with E-state index in [1.807, 2.05) is 36.4 Å². The second-order valence-corrected chi connectivity index (χ2v) is 14.7. The molecule has 1 spiro atoms. The van der Waals surface area contributed by atoms with Gasteiger partial charge in [-0.1, -0.05) is 182 Å². The van der Waals surface area contributed by atoms with Gasteiger partial charge in [-0.3, -0.25) is 0 Å². The Bertz CT molecular complexity index is 3040. The first kappa shape index (κ1) is 32.7. The topological polar surface area (TPSA) is 30.1 Å². The molecule has 0 saturated carbocycles. The number of hydrogen-bond acceptors (Lipinski definition) is 2. The van der Waals surface area contributed by atoms with Gasteiger partial charge in [-0.2, -0.15) is 0 Å². The molecular weight excluding hydrogens is 691 g/mol. The molecule has 1 heterocycles. The van der Waals surface area contributed by atoms with Crippen molar-refractivity contribution in [3.05, 3.63) is 234 Å². The third-order valence-electron chi connectivity index (χ3n) is 11.7. The molecule has 0 N–H and O–H groups in total. The van der Waals surface area contributed by atoms with Crippen molar-refractivity contribution in [1.29, 1.82) is 0 Å². The van der Waals surface area contributed by atoms with Crippen LogP contribution in [-0.4, -0.2) is 9.97 Å². The quantitative estimate of drug-likeness (QED) is 0.166. The predicted octanol–water partition coefficient (Wildman–Crippen LogP) is 13.7. The zero-order valence-corrected chi connectivity index (χ0v) is 30.9. The standard InChI is InChI=1S/C54H33N3/c1-55-49-29-15-28-48-52(49)44-33-38(30-31-47(44)54(48)45-26-12-10-23-41(45)42-24-11-13-27-46(42)54)40-22-8-9-25-43(40)51-34-50(56-53(57-51)36-18-6-3-7-19-36)39-21-14-20-37(32-39)35-16-4-2-5-17-35/h2-34H. The number of benzene rings is 8. The summed E-state index contributed by atoms with van der Waals surface area (Å²) < 4.78 is 0. The van der Waals surface area contributed by atoms with Crippen molar-refractivity contribution in [3.8, 4) is 78.4 Å². The van der Waals surface area contributed by atoms with Crippen molar-refractivity contribution < 1.29 is 0 Å². The molecule has 9 aromatic rings. The molecule has 0 bridgehead atoms. The van der Waals surface area contributed by atoms with Gasteiger partial charge >= 0.3 is 0 Å². The highest BCUT2D eigenvalue weighted by atomic mass is 14.9. The Balaban J connectivity index is 1.11.